The second-order valence-corrected chi connectivity index (χ2v) is 5.62. The number of rotatable bonds is 2. The van der Waals surface area contributed by atoms with Gasteiger partial charge in [0.2, 0.25) is 0 Å². The van der Waals surface area contributed by atoms with Crippen molar-refractivity contribution in [3.05, 3.63) is 56.2 Å². The van der Waals surface area contributed by atoms with Crippen molar-refractivity contribution in [2.45, 2.75) is 5.38 Å². The molecular weight excluding hydrogens is 271 g/mol. The first-order chi connectivity index (χ1) is 7.18. The van der Waals surface area contributed by atoms with Gasteiger partial charge < -0.3 is 0 Å². The predicted octanol–water partition coefficient (Wildman–Crippen LogP) is 5.38. The molecule has 0 aliphatic rings. The zero-order chi connectivity index (χ0) is 10.8. The highest BCUT2D eigenvalue weighted by atomic mass is 35.5. The summed E-state index contributed by atoms with van der Waals surface area (Å²) in [7, 11) is 0. The molecule has 78 valence electrons. The van der Waals surface area contributed by atoms with E-state index >= 15 is 0 Å². The molecule has 0 saturated carbocycles. The Morgan fingerprint density at radius 3 is 2.33 bits per heavy atom. The number of hydrogen-bond acceptors (Lipinski definition) is 1. The van der Waals surface area contributed by atoms with Crippen LogP contribution in [0.25, 0.3) is 0 Å². The molecule has 0 radical (unpaired) electrons. The van der Waals surface area contributed by atoms with Gasteiger partial charge in [-0.1, -0.05) is 41.4 Å². The standard InChI is InChI=1S/C11H7Cl3S/c12-8-4-2-1-3-7(8)11(14)9-5-6-10(13)15-9/h1-6,11H. The quantitative estimate of drug-likeness (QED) is 0.646. The van der Waals surface area contributed by atoms with Gasteiger partial charge in [0.15, 0.2) is 0 Å². The van der Waals surface area contributed by atoms with Crippen LogP contribution >= 0.6 is 46.1 Å². The summed E-state index contributed by atoms with van der Waals surface area (Å²) in [6.07, 6.45) is 0. The van der Waals surface area contributed by atoms with E-state index < -0.39 is 0 Å². The summed E-state index contributed by atoms with van der Waals surface area (Å²) in [6.45, 7) is 0. The molecule has 2 aromatic rings. The third-order valence-corrected chi connectivity index (χ3v) is 4.26. The highest BCUT2D eigenvalue weighted by molar-refractivity contribution is 7.16. The van der Waals surface area contributed by atoms with E-state index in [0.717, 1.165) is 14.8 Å². The summed E-state index contributed by atoms with van der Waals surface area (Å²) in [5, 5.41) is 0.457. The predicted molar refractivity (Wildman–Crippen MR) is 68.5 cm³/mol. The van der Waals surface area contributed by atoms with E-state index in [2.05, 4.69) is 0 Å². The Labute approximate surface area is 107 Å². The maximum Gasteiger partial charge on any atom is 0.0942 e. The first-order valence-electron chi connectivity index (χ1n) is 4.32. The molecule has 0 N–H and O–H groups in total. The number of hydrogen-bond donors (Lipinski definition) is 0. The smallest absolute Gasteiger partial charge is 0.0942 e. The molecule has 1 aromatic carbocycles. The van der Waals surface area contributed by atoms with Gasteiger partial charge >= 0.3 is 0 Å². The fourth-order valence-electron chi connectivity index (χ4n) is 1.30. The van der Waals surface area contributed by atoms with Crippen LogP contribution in [0.3, 0.4) is 0 Å². The molecular formula is C11H7Cl3S. The van der Waals surface area contributed by atoms with Crippen LogP contribution in [0.2, 0.25) is 9.36 Å². The summed E-state index contributed by atoms with van der Waals surface area (Å²) in [6, 6.07) is 11.3. The largest absolute Gasteiger partial charge is 0.127 e. The van der Waals surface area contributed by atoms with Gasteiger partial charge in [0.1, 0.15) is 0 Å². The van der Waals surface area contributed by atoms with Gasteiger partial charge in [0.05, 0.1) is 9.71 Å². The van der Waals surface area contributed by atoms with E-state index in [1.807, 2.05) is 36.4 Å². The van der Waals surface area contributed by atoms with Crippen LogP contribution in [0.15, 0.2) is 36.4 Å². The monoisotopic (exact) mass is 276 g/mol. The summed E-state index contributed by atoms with van der Waals surface area (Å²) >= 11 is 19.7. The molecule has 4 heteroatoms. The first kappa shape index (κ1) is 11.3. The van der Waals surface area contributed by atoms with E-state index in [-0.39, 0.29) is 5.38 Å². The van der Waals surface area contributed by atoms with E-state index in [1.165, 1.54) is 11.3 Å². The van der Waals surface area contributed by atoms with E-state index in [1.54, 1.807) is 0 Å². The van der Waals surface area contributed by atoms with Crippen molar-refractivity contribution in [3.63, 3.8) is 0 Å². The summed E-state index contributed by atoms with van der Waals surface area (Å²) in [5.41, 5.74) is 0.916. The molecule has 0 amide bonds. The van der Waals surface area contributed by atoms with Crippen LogP contribution in [-0.2, 0) is 0 Å². The molecule has 0 bridgehead atoms. The molecule has 15 heavy (non-hydrogen) atoms. The molecule has 0 fully saturated rings. The number of thiophene rings is 1. The average molecular weight is 278 g/mol. The van der Waals surface area contributed by atoms with Gasteiger partial charge in [-0.3, -0.25) is 0 Å². The molecule has 1 heterocycles. The fraction of sp³-hybridized carbons (Fsp3) is 0.0909. The topological polar surface area (TPSA) is 0 Å². The number of benzene rings is 1. The fourth-order valence-corrected chi connectivity index (χ4v) is 3.05. The lowest BCUT2D eigenvalue weighted by Crippen LogP contribution is -1.90. The highest BCUT2D eigenvalue weighted by Crippen LogP contribution is 2.38. The minimum Gasteiger partial charge on any atom is -0.127 e. The van der Waals surface area contributed by atoms with Gasteiger partial charge in [0, 0.05) is 9.90 Å². The Morgan fingerprint density at radius 1 is 1.00 bits per heavy atom. The van der Waals surface area contributed by atoms with Crippen molar-refractivity contribution in [2.24, 2.45) is 0 Å². The maximum absolute atomic E-state index is 6.32. The van der Waals surface area contributed by atoms with Crippen molar-refractivity contribution in [1.82, 2.24) is 0 Å². The average Bonchev–Trinajstić information content (AvgIpc) is 2.65. The molecule has 2 rings (SSSR count). The SMILES string of the molecule is Clc1ccc(C(Cl)c2ccccc2Cl)s1. The molecule has 1 unspecified atom stereocenters. The van der Waals surface area contributed by atoms with Crippen LogP contribution in [0.4, 0.5) is 0 Å². The molecule has 0 nitrogen and oxygen atoms in total. The zero-order valence-corrected chi connectivity index (χ0v) is 10.7. The molecule has 0 aliphatic carbocycles. The third kappa shape index (κ3) is 2.48. The Bertz CT molecular complexity index is 464. The van der Waals surface area contributed by atoms with Gasteiger partial charge in [-0.25, -0.2) is 0 Å². The minimum absolute atomic E-state index is 0.226. The Balaban J connectivity index is 2.36. The van der Waals surface area contributed by atoms with Gasteiger partial charge in [-0.05, 0) is 23.8 Å². The summed E-state index contributed by atoms with van der Waals surface area (Å²) in [5.74, 6) is 0. The minimum atomic E-state index is -0.226. The third-order valence-electron chi connectivity index (χ3n) is 2.02. The van der Waals surface area contributed by atoms with Crippen molar-refractivity contribution in [3.8, 4) is 0 Å². The summed E-state index contributed by atoms with van der Waals surface area (Å²) < 4.78 is 0.739. The maximum atomic E-state index is 6.32. The normalized spacial score (nSPS) is 12.7. The van der Waals surface area contributed by atoms with Crippen molar-refractivity contribution < 1.29 is 0 Å². The molecule has 0 aliphatic heterocycles. The Morgan fingerprint density at radius 2 is 1.73 bits per heavy atom. The van der Waals surface area contributed by atoms with Crippen molar-refractivity contribution in [1.29, 1.82) is 0 Å². The molecule has 1 aromatic heterocycles. The van der Waals surface area contributed by atoms with Crippen LogP contribution in [-0.4, -0.2) is 0 Å². The lowest BCUT2D eigenvalue weighted by molar-refractivity contribution is 1.18. The van der Waals surface area contributed by atoms with Gasteiger partial charge in [-0.15, -0.1) is 22.9 Å². The van der Waals surface area contributed by atoms with Crippen LogP contribution in [0, 0.1) is 0 Å². The molecule has 1 atom stereocenters. The Kier molecular flexibility index (Phi) is 3.57. The zero-order valence-electron chi connectivity index (χ0n) is 7.58. The Hall–Kier alpha value is -0.210. The lowest BCUT2D eigenvalue weighted by atomic mass is 10.1. The van der Waals surface area contributed by atoms with E-state index in [9.17, 15) is 0 Å². The van der Waals surface area contributed by atoms with Crippen molar-refractivity contribution in [2.75, 3.05) is 0 Å². The number of halogens is 3. The van der Waals surface area contributed by atoms with Gasteiger partial charge in [0.25, 0.3) is 0 Å². The van der Waals surface area contributed by atoms with E-state index in [0.29, 0.717) is 5.02 Å². The molecule has 0 spiro atoms. The number of alkyl halides is 1. The van der Waals surface area contributed by atoms with Crippen LogP contribution in [0.1, 0.15) is 15.8 Å². The lowest BCUT2D eigenvalue weighted by Gasteiger charge is -2.09. The second kappa shape index (κ2) is 4.75. The highest BCUT2D eigenvalue weighted by Gasteiger charge is 2.15. The second-order valence-electron chi connectivity index (χ2n) is 3.03. The van der Waals surface area contributed by atoms with Crippen LogP contribution < -0.4 is 0 Å². The molecule has 0 saturated heterocycles. The van der Waals surface area contributed by atoms with E-state index in [4.69, 9.17) is 34.8 Å². The summed E-state index contributed by atoms with van der Waals surface area (Å²) in [4.78, 5) is 1.01. The first-order valence-corrected chi connectivity index (χ1v) is 6.33. The van der Waals surface area contributed by atoms with Crippen LogP contribution in [0.5, 0.6) is 0 Å². The van der Waals surface area contributed by atoms with Crippen molar-refractivity contribution >= 4 is 46.1 Å². The van der Waals surface area contributed by atoms with Gasteiger partial charge in [-0.2, -0.15) is 0 Å².